The lowest BCUT2D eigenvalue weighted by Crippen LogP contribution is -2.41. The monoisotopic (exact) mass is 277 g/mol. The summed E-state index contributed by atoms with van der Waals surface area (Å²) in [5.41, 5.74) is -1.27. The Bertz CT molecular complexity index is 506. The summed E-state index contributed by atoms with van der Waals surface area (Å²) in [5.74, 6) is 0.522. The van der Waals surface area contributed by atoms with Crippen LogP contribution in [0.1, 0.15) is 45.1 Å². The summed E-state index contributed by atoms with van der Waals surface area (Å²) in [6.07, 6.45) is 3.55. The van der Waals surface area contributed by atoms with E-state index in [0.717, 1.165) is 25.7 Å². The summed E-state index contributed by atoms with van der Waals surface area (Å²) in [6.45, 7) is 3.87. The van der Waals surface area contributed by atoms with Crippen LogP contribution in [-0.2, 0) is 5.60 Å². The summed E-state index contributed by atoms with van der Waals surface area (Å²) < 4.78 is 0. The van der Waals surface area contributed by atoms with E-state index in [0.29, 0.717) is 16.5 Å². The molecule has 0 amide bonds. The number of nitrogens with zero attached hydrogens (tertiary/aromatic N) is 1. The van der Waals surface area contributed by atoms with Crippen LogP contribution in [-0.4, -0.2) is 5.11 Å². The van der Waals surface area contributed by atoms with Crippen LogP contribution in [0.15, 0.2) is 24.3 Å². The van der Waals surface area contributed by atoms with Gasteiger partial charge in [-0.2, -0.15) is 5.26 Å². The van der Waals surface area contributed by atoms with Crippen molar-refractivity contribution in [2.45, 2.75) is 45.1 Å². The van der Waals surface area contributed by atoms with Gasteiger partial charge in [-0.3, -0.25) is 0 Å². The number of aliphatic hydroxyl groups is 1. The van der Waals surface area contributed by atoms with Crippen molar-refractivity contribution in [1.29, 1.82) is 5.26 Å². The molecule has 102 valence electrons. The predicted octanol–water partition coefficient (Wildman–Crippen LogP) is 4.27. The third kappa shape index (κ3) is 2.26. The lowest BCUT2D eigenvalue weighted by molar-refractivity contribution is -0.0441. The third-order valence-electron chi connectivity index (χ3n) is 4.74. The van der Waals surface area contributed by atoms with Crippen molar-refractivity contribution in [1.82, 2.24) is 0 Å². The van der Waals surface area contributed by atoms with Gasteiger partial charge < -0.3 is 5.11 Å². The van der Waals surface area contributed by atoms with Crippen molar-refractivity contribution < 1.29 is 5.11 Å². The van der Waals surface area contributed by atoms with Crippen LogP contribution in [0, 0.1) is 22.7 Å². The predicted molar refractivity (Wildman–Crippen MR) is 76.7 cm³/mol. The van der Waals surface area contributed by atoms with Crippen LogP contribution in [0.4, 0.5) is 0 Å². The largest absolute Gasteiger partial charge is 0.384 e. The quantitative estimate of drug-likeness (QED) is 0.897. The van der Waals surface area contributed by atoms with Gasteiger partial charge in [0.2, 0.25) is 0 Å². The lowest BCUT2D eigenvalue weighted by atomic mass is 9.68. The van der Waals surface area contributed by atoms with Crippen molar-refractivity contribution >= 4 is 11.6 Å². The summed E-state index contributed by atoms with van der Waals surface area (Å²) in [4.78, 5) is 0. The van der Waals surface area contributed by atoms with Gasteiger partial charge in [-0.1, -0.05) is 43.1 Å². The average molecular weight is 278 g/mol. The maximum atomic E-state index is 11.0. The second kappa shape index (κ2) is 5.15. The Hall–Kier alpha value is -1.04. The van der Waals surface area contributed by atoms with E-state index in [4.69, 9.17) is 11.6 Å². The summed E-state index contributed by atoms with van der Waals surface area (Å²) in [5, 5.41) is 21.2. The highest BCUT2D eigenvalue weighted by Gasteiger charge is 2.53. The van der Waals surface area contributed by atoms with Gasteiger partial charge in [-0.25, -0.2) is 0 Å². The first kappa shape index (κ1) is 14.4. The summed E-state index contributed by atoms with van der Waals surface area (Å²) in [6, 6.07) is 9.68. The summed E-state index contributed by atoms with van der Waals surface area (Å²) in [7, 11) is 0. The normalized spacial score (nSPS) is 29.7. The van der Waals surface area contributed by atoms with Crippen molar-refractivity contribution in [2.75, 3.05) is 0 Å². The van der Waals surface area contributed by atoms with Crippen molar-refractivity contribution in [3.8, 4) is 6.07 Å². The topological polar surface area (TPSA) is 44.0 Å². The van der Waals surface area contributed by atoms with Crippen LogP contribution < -0.4 is 0 Å². The minimum atomic E-state index is -1.20. The Kier molecular flexibility index (Phi) is 3.90. The molecule has 19 heavy (non-hydrogen) atoms. The molecule has 3 unspecified atom stereocenters. The zero-order chi connectivity index (χ0) is 14.1. The van der Waals surface area contributed by atoms with Gasteiger partial charge >= 0.3 is 0 Å². The fourth-order valence-corrected chi connectivity index (χ4v) is 3.58. The highest BCUT2D eigenvalue weighted by molar-refractivity contribution is 6.31. The Balaban J connectivity index is 2.44. The average Bonchev–Trinajstić information content (AvgIpc) is 2.84. The van der Waals surface area contributed by atoms with Gasteiger partial charge in [-0.05, 0) is 38.2 Å². The maximum Gasteiger partial charge on any atom is 0.107 e. The number of halogens is 1. The molecule has 0 radical (unpaired) electrons. The molecular weight excluding hydrogens is 258 g/mol. The molecule has 0 aromatic heterocycles. The standard InChI is InChI=1S/C16H20ClNO/c1-3-12-8-9-16(10-12,11-18)15(2,19)13-6-4-5-7-14(13)17/h4-7,12,19H,3,8-10H2,1-2H3. The summed E-state index contributed by atoms with van der Waals surface area (Å²) >= 11 is 6.21. The highest BCUT2D eigenvalue weighted by atomic mass is 35.5. The minimum absolute atomic E-state index is 0.522. The second-order valence-electron chi connectivity index (χ2n) is 5.76. The number of benzene rings is 1. The van der Waals surface area contributed by atoms with E-state index in [9.17, 15) is 10.4 Å². The molecule has 0 spiro atoms. The molecule has 1 aliphatic carbocycles. The van der Waals surface area contributed by atoms with Crippen molar-refractivity contribution in [3.05, 3.63) is 34.9 Å². The van der Waals surface area contributed by atoms with Crippen molar-refractivity contribution in [3.63, 3.8) is 0 Å². The molecule has 0 heterocycles. The number of hydrogen-bond acceptors (Lipinski definition) is 2. The molecule has 1 aliphatic rings. The molecule has 0 bridgehead atoms. The number of rotatable bonds is 3. The molecule has 3 atom stereocenters. The van der Waals surface area contributed by atoms with Crippen LogP contribution in [0.2, 0.25) is 5.02 Å². The van der Waals surface area contributed by atoms with Crippen LogP contribution in [0.3, 0.4) is 0 Å². The van der Waals surface area contributed by atoms with Gasteiger partial charge in [0.25, 0.3) is 0 Å². The van der Waals surface area contributed by atoms with E-state index in [-0.39, 0.29) is 0 Å². The lowest BCUT2D eigenvalue weighted by Gasteiger charge is -2.38. The Morgan fingerprint density at radius 2 is 2.21 bits per heavy atom. The van der Waals surface area contributed by atoms with E-state index in [2.05, 4.69) is 13.0 Å². The molecule has 2 rings (SSSR count). The second-order valence-corrected chi connectivity index (χ2v) is 6.17. The van der Waals surface area contributed by atoms with E-state index in [1.54, 1.807) is 13.0 Å². The molecule has 0 saturated heterocycles. The zero-order valence-corrected chi connectivity index (χ0v) is 12.2. The molecule has 2 nitrogen and oxygen atoms in total. The van der Waals surface area contributed by atoms with E-state index in [1.165, 1.54) is 0 Å². The van der Waals surface area contributed by atoms with Gasteiger partial charge in [0, 0.05) is 10.6 Å². The minimum Gasteiger partial charge on any atom is -0.384 e. The maximum absolute atomic E-state index is 11.0. The van der Waals surface area contributed by atoms with Crippen LogP contribution in [0.5, 0.6) is 0 Å². The fraction of sp³-hybridized carbons (Fsp3) is 0.562. The van der Waals surface area contributed by atoms with Gasteiger partial charge in [-0.15, -0.1) is 0 Å². The van der Waals surface area contributed by atoms with Crippen LogP contribution in [0.25, 0.3) is 0 Å². The van der Waals surface area contributed by atoms with Crippen LogP contribution >= 0.6 is 11.6 Å². The third-order valence-corrected chi connectivity index (χ3v) is 5.07. The molecule has 3 heteroatoms. The Morgan fingerprint density at radius 3 is 2.74 bits per heavy atom. The van der Waals surface area contributed by atoms with E-state index >= 15 is 0 Å². The molecule has 1 fully saturated rings. The van der Waals surface area contributed by atoms with E-state index in [1.807, 2.05) is 18.2 Å². The molecule has 0 aliphatic heterocycles. The smallest absolute Gasteiger partial charge is 0.107 e. The molecule has 1 N–H and O–H groups in total. The first-order valence-corrected chi connectivity index (χ1v) is 7.23. The van der Waals surface area contributed by atoms with E-state index < -0.39 is 11.0 Å². The zero-order valence-electron chi connectivity index (χ0n) is 11.5. The number of nitriles is 1. The first-order valence-electron chi connectivity index (χ1n) is 6.85. The SMILES string of the molecule is CCC1CCC(C#N)(C(C)(O)c2ccccc2Cl)C1. The highest BCUT2D eigenvalue weighted by Crippen LogP contribution is 2.54. The fourth-order valence-electron chi connectivity index (χ4n) is 3.26. The molecule has 1 aromatic rings. The van der Waals surface area contributed by atoms with Gasteiger partial charge in [0.15, 0.2) is 0 Å². The van der Waals surface area contributed by atoms with Gasteiger partial charge in [0.05, 0.1) is 11.5 Å². The number of hydrogen-bond donors (Lipinski definition) is 1. The Morgan fingerprint density at radius 1 is 1.53 bits per heavy atom. The van der Waals surface area contributed by atoms with Crippen molar-refractivity contribution in [2.24, 2.45) is 11.3 Å². The first-order chi connectivity index (χ1) is 8.97. The molecule has 1 aromatic carbocycles. The molecular formula is C16H20ClNO. The van der Waals surface area contributed by atoms with Gasteiger partial charge in [0.1, 0.15) is 5.60 Å². The Labute approximate surface area is 120 Å². The molecule has 1 saturated carbocycles.